The van der Waals surface area contributed by atoms with Crippen LogP contribution in [0.15, 0.2) is 53.4 Å². The highest BCUT2D eigenvalue weighted by atomic mass is 32.2. The molecular weight excluding hydrogens is 375 g/mol. The number of benzene rings is 2. The van der Waals surface area contributed by atoms with Crippen molar-refractivity contribution in [2.45, 2.75) is 31.7 Å². The van der Waals surface area contributed by atoms with E-state index in [9.17, 15) is 14.0 Å². The zero-order valence-corrected chi connectivity index (χ0v) is 17.4. The molecule has 1 unspecified atom stereocenters. The molecule has 0 aliphatic carbocycles. The van der Waals surface area contributed by atoms with Gasteiger partial charge in [0.05, 0.1) is 11.8 Å². The van der Waals surface area contributed by atoms with Crippen molar-refractivity contribution in [1.29, 1.82) is 0 Å². The van der Waals surface area contributed by atoms with Crippen molar-refractivity contribution >= 4 is 23.5 Å². The van der Waals surface area contributed by atoms with Crippen molar-refractivity contribution in [3.8, 4) is 0 Å². The Labute approximate surface area is 170 Å². The molecule has 28 heavy (non-hydrogen) atoms. The van der Waals surface area contributed by atoms with E-state index in [1.54, 1.807) is 12.1 Å². The van der Waals surface area contributed by atoms with E-state index in [1.165, 1.54) is 13.0 Å². The zero-order valence-electron chi connectivity index (χ0n) is 16.6. The van der Waals surface area contributed by atoms with Crippen molar-refractivity contribution in [1.82, 2.24) is 10.2 Å². The van der Waals surface area contributed by atoms with Gasteiger partial charge in [0.15, 0.2) is 5.78 Å². The molecule has 2 aromatic rings. The van der Waals surface area contributed by atoms with Gasteiger partial charge in [-0.1, -0.05) is 50.2 Å². The molecule has 2 rings (SSSR count). The molecule has 0 bridgehead atoms. The summed E-state index contributed by atoms with van der Waals surface area (Å²) in [7, 11) is 0. The summed E-state index contributed by atoms with van der Waals surface area (Å²) in [6, 6.07) is 14.5. The average molecular weight is 403 g/mol. The number of hydrogen-bond acceptors (Lipinski definition) is 4. The third kappa shape index (κ3) is 6.17. The molecule has 0 radical (unpaired) electrons. The molecule has 2 aromatic carbocycles. The van der Waals surface area contributed by atoms with Crippen LogP contribution in [0.4, 0.5) is 4.39 Å². The van der Waals surface area contributed by atoms with E-state index in [0.29, 0.717) is 17.0 Å². The summed E-state index contributed by atoms with van der Waals surface area (Å²) >= 11 is 1.13. The number of ketones is 1. The lowest BCUT2D eigenvalue weighted by molar-refractivity contribution is -0.118. The molecule has 0 aliphatic rings. The first kappa shape index (κ1) is 22.1. The van der Waals surface area contributed by atoms with E-state index < -0.39 is 5.82 Å². The van der Waals surface area contributed by atoms with Gasteiger partial charge in [-0.2, -0.15) is 0 Å². The van der Waals surface area contributed by atoms with Gasteiger partial charge in [-0.3, -0.25) is 14.5 Å². The summed E-state index contributed by atoms with van der Waals surface area (Å²) < 4.78 is 14.1. The van der Waals surface area contributed by atoms with Gasteiger partial charge < -0.3 is 5.32 Å². The van der Waals surface area contributed by atoms with Crippen LogP contribution in [-0.2, 0) is 4.79 Å². The van der Waals surface area contributed by atoms with Gasteiger partial charge >= 0.3 is 0 Å². The van der Waals surface area contributed by atoms with E-state index >= 15 is 0 Å². The molecule has 1 atom stereocenters. The van der Waals surface area contributed by atoms with E-state index in [-0.39, 0.29) is 23.5 Å². The van der Waals surface area contributed by atoms with Crippen molar-refractivity contribution < 1.29 is 14.0 Å². The second kappa shape index (κ2) is 11.0. The van der Waals surface area contributed by atoms with E-state index in [4.69, 9.17) is 0 Å². The molecule has 0 aromatic heterocycles. The third-order valence-electron chi connectivity index (χ3n) is 4.63. The molecule has 1 amide bonds. The molecule has 0 heterocycles. The fourth-order valence-corrected chi connectivity index (χ4v) is 3.79. The predicted molar refractivity (Wildman–Crippen MR) is 112 cm³/mol. The van der Waals surface area contributed by atoms with Crippen LogP contribution >= 0.6 is 11.8 Å². The van der Waals surface area contributed by atoms with Gasteiger partial charge in [0.2, 0.25) is 5.91 Å². The van der Waals surface area contributed by atoms with Gasteiger partial charge in [0.25, 0.3) is 0 Å². The lowest BCUT2D eigenvalue weighted by Gasteiger charge is -2.30. The number of carbonyl (C=O) groups is 2. The molecule has 4 nitrogen and oxygen atoms in total. The predicted octanol–water partition coefficient (Wildman–Crippen LogP) is 4.32. The maximum absolute atomic E-state index is 14.1. The highest BCUT2D eigenvalue weighted by molar-refractivity contribution is 8.00. The van der Waals surface area contributed by atoms with Crippen LogP contribution in [0, 0.1) is 5.82 Å². The second-order valence-corrected chi connectivity index (χ2v) is 7.46. The second-order valence-electron chi connectivity index (χ2n) is 6.44. The number of nitrogens with one attached hydrogen (secondary N) is 1. The van der Waals surface area contributed by atoms with Crippen LogP contribution in [0.5, 0.6) is 0 Å². The Bertz CT molecular complexity index is 794. The van der Waals surface area contributed by atoms with E-state index in [0.717, 1.165) is 30.4 Å². The van der Waals surface area contributed by atoms with Gasteiger partial charge in [-0.25, -0.2) is 4.39 Å². The number of hydrogen-bond donors (Lipinski definition) is 1. The largest absolute Gasteiger partial charge is 0.353 e. The Hall–Kier alpha value is -2.18. The summed E-state index contributed by atoms with van der Waals surface area (Å²) in [6.07, 6.45) is 0. The van der Waals surface area contributed by atoms with Crippen LogP contribution in [0.1, 0.15) is 42.7 Å². The molecular formula is C22H27FN2O2S. The maximum atomic E-state index is 14.1. The van der Waals surface area contributed by atoms with Crippen LogP contribution < -0.4 is 5.32 Å². The zero-order chi connectivity index (χ0) is 20.5. The summed E-state index contributed by atoms with van der Waals surface area (Å²) in [6.45, 7) is 7.86. The number of thioether (sulfide) groups is 1. The number of halogens is 1. The SMILES string of the molecule is CCN(CC)C(CNC(=O)CSc1ccc(C(C)=O)cc1F)c1ccccc1. The monoisotopic (exact) mass is 402 g/mol. The van der Waals surface area contributed by atoms with Gasteiger partial charge in [0.1, 0.15) is 5.82 Å². The number of amides is 1. The normalized spacial score (nSPS) is 12.0. The smallest absolute Gasteiger partial charge is 0.230 e. The molecule has 6 heteroatoms. The highest BCUT2D eigenvalue weighted by Gasteiger charge is 2.19. The van der Waals surface area contributed by atoms with Crippen molar-refractivity contribution in [2.75, 3.05) is 25.4 Å². The number of rotatable bonds is 10. The molecule has 0 saturated carbocycles. The summed E-state index contributed by atoms with van der Waals surface area (Å²) in [4.78, 5) is 26.3. The molecule has 0 spiro atoms. The number of nitrogens with zero attached hydrogens (tertiary/aromatic N) is 1. The first-order chi connectivity index (χ1) is 13.5. The molecule has 1 N–H and O–H groups in total. The first-order valence-corrected chi connectivity index (χ1v) is 10.4. The van der Waals surface area contributed by atoms with Gasteiger partial charge in [0, 0.05) is 17.0 Å². The number of Topliss-reactive ketones (excluding diaryl/α,β-unsaturated/α-hetero) is 1. The topological polar surface area (TPSA) is 49.4 Å². The lowest BCUT2D eigenvalue weighted by atomic mass is 10.1. The van der Waals surface area contributed by atoms with E-state index in [1.807, 2.05) is 18.2 Å². The fourth-order valence-electron chi connectivity index (χ4n) is 3.04. The maximum Gasteiger partial charge on any atom is 0.230 e. The lowest BCUT2D eigenvalue weighted by Crippen LogP contribution is -2.38. The summed E-state index contributed by atoms with van der Waals surface area (Å²) in [5.41, 5.74) is 1.49. The number of likely N-dealkylation sites (N-methyl/N-ethyl adjacent to an activating group) is 1. The Morgan fingerprint density at radius 3 is 2.36 bits per heavy atom. The molecule has 0 aliphatic heterocycles. The Morgan fingerprint density at radius 1 is 1.11 bits per heavy atom. The fraction of sp³-hybridized carbons (Fsp3) is 0.364. The Morgan fingerprint density at radius 2 is 1.79 bits per heavy atom. The Balaban J connectivity index is 1.95. The van der Waals surface area contributed by atoms with Crippen molar-refractivity contribution in [3.05, 3.63) is 65.5 Å². The third-order valence-corrected chi connectivity index (χ3v) is 5.68. The molecule has 150 valence electrons. The standard InChI is InChI=1S/C22H27FN2O2S/c1-4-25(5-2)20(17-9-7-6-8-10-17)14-24-22(27)15-28-21-12-11-18(16(3)26)13-19(21)23/h6-13,20H,4-5,14-15H2,1-3H3,(H,24,27). The van der Waals surface area contributed by atoms with Crippen LogP contribution in [0.25, 0.3) is 0 Å². The summed E-state index contributed by atoms with van der Waals surface area (Å²) in [5, 5.41) is 2.97. The van der Waals surface area contributed by atoms with Gasteiger partial charge in [-0.05, 0) is 37.7 Å². The number of carbonyl (C=O) groups excluding carboxylic acids is 2. The quantitative estimate of drug-likeness (QED) is 0.475. The van der Waals surface area contributed by atoms with Crippen LogP contribution in [-0.4, -0.2) is 42.0 Å². The molecule has 0 saturated heterocycles. The van der Waals surface area contributed by atoms with Crippen LogP contribution in [0.3, 0.4) is 0 Å². The minimum Gasteiger partial charge on any atom is -0.353 e. The van der Waals surface area contributed by atoms with Crippen LogP contribution in [0.2, 0.25) is 0 Å². The summed E-state index contributed by atoms with van der Waals surface area (Å²) in [5.74, 6) is -0.684. The molecule has 0 fully saturated rings. The minimum atomic E-state index is -0.476. The van der Waals surface area contributed by atoms with E-state index in [2.05, 4.69) is 36.2 Å². The average Bonchev–Trinajstić information content (AvgIpc) is 2.70. The van der Waals surface area contributed by atoms with Crippen molar-refractivity contribution in [2.24, 2.45) is 0 Å². The minimum absolute atomic E-state index is 0.0942. The van der Waals surface area contributed by atoms with Crippen molar-refractivity contribution in [3.63, 3.8) is 0 Å². The Kier molecular flexibility index (Phi) is 8.67. The van der Waals surface area contributed by atoms with Gasteiger partial charge in [-0.15, -0.1) is 11.8 Å². The highest BCUT2D eigenvalue weighted by Crippen LogP contribution is 2.23. The first-order valence-electron chi connectivity index (χ1n) is 9.45.